The summed E-state index contributed by atoms with van der Waals surface area (Å²) in [6, 6.07) is -0.176. The zero-order chi connectivity index (χ0) is 12.8. The molecule has 6 heteroatoms. The molecule has 2 atom stereocenters. The number of aliphatic carboxylic acids is 1. The Morgan fingerprint density at radius 3 is 2.76 bits per heavy atom. The van der Waals surface area contributed by atoms with Crippen LogP contribution in [-0.4, -0.2) is 52.9 Å². The molecule has 1 fully saturated rings. The monoisotopic (exact) mass is 244 g/mol. The minimum atomic E-state index is -0.806. The average molecular weight is 244 g/mol. The molecule has 1 heterocycles. The number of carboxylic acids is 1. The van der Waals surface area contributed by atoms with Gasteiger partial charge in [-0.3, -0.25) is 4.79 Å². The summed E-state index contributed by atoms with van der Waals surface area (Å²) in [5, 5.41) is 20.7. The van der Waals surface area contributed by atoms with E-state index >= 15 is 0 Å². The molecule has 0 aliphatic carbocycles. The van der Waals surface area contributed by atoms with Gasteiger partial charge < -0.3 is 20.4 Å². The van der Waals surface area contributed by atoms with Gasteiger partial charge in [0.05, 0.1) is 12.0 Å². The van der Waals surface area contributed by atoms with Crippen molar-refractivity contribution in [3.8, 4) is 0 Å². The molecule has 1 saturated heterocycles. The summed E-state index contributed by atoms with van der Waals surface area (Å²) in [5.74, 6) is -1.18. The molecule has 1 rings (SSSR count). The maximum Gasteiger partial charge on any atom is 0.317 e. The van der Waals surface area contributed by atoms with Crippen molar-refractivity contribution >= 4 is 12.0 Å². The smallest absolute Gasteiger partial charge is 0.317 e. The average Bonchev–Trinajstić information content (AvgIpc) is 2.70. The topological polar surface area (TPSA) is 89.9 Å². The summed E-state index contributed by atoms with van der Waals surface area (Å²) in [5.41, 5.74) is 0. The van der Waals surface area contributed by atoms with E-state index in [1.165, 1.54) is 0 Å². The van der Waals surface area contributed by atoms with E-state index in [1.54, 1.807) is 11.8 Å². The van der Waals surface area contributed by atoms with Crippen LogP contribution in [0.3, 0.4) is 0 Å². The first-order valence-corrected chi connectivity index (χ1v) is 5.94. The predicted molar refractivity (Wildman–Crippen MR) is 61.6 cm³/mol. The minimum Gasteiger partial charge on any atom is -0.481 e. The van der Waals surface area contributed by atoms with Gasteiger partial charge in [-0.2, -0.15) is 0 Å². The van der Waals surface area contributed by atoms with Crippen molar-refractivity contribution < 1.29 is 19.8 Å². The number of carboxylic acid groups (broad SMARTS) is 1. The van der Waals surface area contributed by atoms with Crippen LogP contribution in [0.4, 0.5) is 4.79 Å². The largest absolute Gasteiger partial charge is 0.481 e. The summed E-state index contributed by atoms with van der Waals surface area (Å²) >= 11 is 0. The van der Waals surface area contributed by atoms with E-state index < -0.39 is 12.1 Å². The Bertz CT molecular complexity index is 283. The first-order valence-electron chi connectivity index (χ1n) is 5.94. The second-order valence-corrected chi connectivity index (χ2v) is 4.50. The summed E-state index contributed by atoms with van der Waals surface area (Å²) in [6.45, 7) is 3.10. The number of likely N-dealkylation sites (tertiary alicyclic amines) is 1. The van der Waals surface area contributed by atoms with Crippen molar-refractivity contribution in [3.05, 3.63) is 0 Å². The summed E-state index contributed by atoms with van der Waals surface area (Å²) in [7, 11) is 0. The summed E-state index contributed by atoms with van der Waals surface area (Å²) in [4.78, 5) is 23.7. The van der Waals surface area contributed by atoms with E-state index in [1.807, 2.05) is 0 Å². The molecule has 3 N–H and O–H groups in total. The van der Waals surface area contributed by atoms with Crippen LogP contribution in [0.5, 0.6) is 0 Å². The molecule has 0 aromatic heterocycles. The molecule has 2 amide bonds. The van der Waals surface area contributed by atoms with Crippen LogP contribution >= 0.6 is 0 Å². The molecule has 0 bridgehead atoms. The zero-order valence-electron chi connectivity index (χ0n) is 10.1. The lowest BCUT2D eigenvalue weighted by molar-refractivity contribution is -0.141. The van der Waals surface area contributed by atoms with Gasteiger partial charge in [-0.05, 0) is 19.3 Å². The normalized spacial score (nSPS) is 21.3. The Labute approximate surface area is 101 Å². The first-order chi connectivity index (χ1) is 8.00. The highest BCUT2D eigenvalue weighted by Gasteiger charge is 2.23. The number of hydrogen-bond donors (Lipinski definition) is 3. The lowest BCUT2D eigenvalue weighted by Crippen LogP contribution is -2.39. The van der Waals surface area contributed by atoms with Crippen molar-refractivity contribution in [3.63, 3.8) is 0 Å². The zero-order valence-corrected chi connectivity index (χ0v) is 10.1. The second-order valence-electron chi connectivity index (χ2n) is 4.50. The third-order valence-electron chi connectivity index (χ3n) is 2.96. The van der Waals surface area contributed by atoms with Crippen molar-refractivity contribution in [1.29, 1.82) is 0 Å². The number of aliphatic hydroxyl groups is 1. The number of nitrogens with one attached hydrogen (secondary N) is 1. The number of urea groups is 1. The molecular weight excluding hydrogens is 224 g/mol. The molecular formula is C11H20N2O4. The minimum absolute atomic E-state index is 0.176. The summed E-state index contributed by atoms with van der Waals surface area (Å²) < 4.78 is 0. The number of carbonyl (C=O) groups is 2. The number of aliphatic hydroxyl groups excluding tert-OH is 1. The van der Waals surface area contributed by atoms with E-state index in [2.05, 4.69) is 5.32 Å². The van der Waals surface area contributed by atoms with Crippen molar-refractivity contribution in [1.82, 2.24) is 10.2 Å². The van der Waals surface area contributed by atoms with E-state index in [9.17, 15) is 14.7 Å². The molecule has 2 unspecified atom stereocenters. The number of nitrogens with zero attached hydrogens (tertiary/aromatic N) is 1. The molecule has 0 radical (unpaired) electrons. The fourth-order valence-electron chi connectivity index (χ4n) is 1.77. The maximum absolute atomic E-state index is 11.6. The lowest BCUT2D eigenvalue weighted by Gasteiger charge is -2.16. The highest BCUT2D eigenvalue weighted by atomic mass is 16.4. The van der Waals surface area contributed by atoms with Crippen LogP contribution in [0.25, 0.3) is 0 Å². The van der Waals surface area contributed by atoms with Gasteiger partial charge in [0.1, 0.15) is 0 Å². The van der Waals surface area contributed by atoms with Gasteiger partial charge in [0.2, 0.25) is 0 Å². The van der Waals surface area contributed by atoms with Gasteiger partial charge in [-0.25, -0.2) is 4.79 Å². The van der Waals surface area contributed by atoms with Crippen molar-refractivity contribution in [2.45, 2.75) is 32.3 Å². The Hall–Kier alpha value is -1.30. The Balaban J connectivity index is 2.10. The Morgan fingerprint density at radius 1 is 1.53 bits per heavy atom. The van der Waals surface area contributed by atoms with Gasteiger partial charge in [0.25, 0.3) is 0 Å². The van der Waals surface area contributed by atoms with Gasteiger partial charge in [-0.15, -0.1) is 0 Å². The van der Waals surface area contributed by atoms with Gasteiger partial charge in [0.15, 0.2) is 0 Å². The fourth-order valence-corrected chi connectivity index (χ4v) is 1.77. The SMILES string of the molecule is CC(CCCNC(=O)N1CCC(O)C1)C(=O)O. The molecule has 0 aromatic carbocycles. The molecule has 98 valence electrons. The fraction of sp³-hybridized carbons (Fsp3) is 0.818. The van der Waals surface area contributed by atoms with Crippen LogP contribution in [0, 0.1) is 5.92 Å². The number of rotatable bonds is 5. The molecule has 6 nitrogen and oxygen atoms in total. The molecule has 1 aliphatic rings. The van der Waals surface area contributed by atoms with Crippen LogP contribution in [0.2, 0.25) is 0 Å². The molecule has 17 heavy (non-hydrogen) atoms. The molecule has 0 spiro atoms. The van der Waals surface area contributed by atoms with Gasteiger partial charge in [0, 0.05) is 19.6 Å². The van der Waals surface area contributed by atoms with Gasteiger partial charge >= 0.3 is 12.0 Å². The third kappa shape index (κ3) is 4.60. The highest BCUT2D eigenvalue weighted by Crippen LogP contribution is 2.08. The number of hydrogen-bond acceptors (Lipinski definition) is 3. The molecule has 1 aliphatic heterocycles. The van der Waals surface area contributed by atoms with E-state index in [0.29, 0.717) is 38.9 Å². The van der Waals surface area contributed by atoms with Crippen LogP contribution in [0.15, 0.2) is 0 Å². The summed E-state index contributed by atoms with van der Waals surface area (Å²) in [6.07, 6.45) is 1.42. The standard InChI is InChI=1S/C11H20N2O4/c1-8(10(15)16)3-2-5-12-11(17)13-6-4-9(14)7-13/h8-9,14H,2-7H2,1H3,(H,12,17)(H,15,16). The van der Waals surface area contributed by atoms with Crippen molar-refractivity contribution in [2.75, 3.05) is 19.6 Å². The second kappa shape index (κ2) is 6.44. The van der Waals surface area contributed by atoms with Gasteiger partial charge in [-0.1, -0.05) is 6.92 Å². The molecule has 0 saturated carbocycles. The highest BCUT2D eigenvalue weighted by molar-refractivity contribution is 5.74. The lowest BCUT2D eigenvalue weighted by atomic mass is 10.1. The Morgan fingerprint density at radius 2 is 2.24 bits per heavy atom. The van der Waals surface area contributed by atoms with E-state index in [0.717, 1.165) is 0 Å². The van der Waals surface area contributed by atoms with Crippen molar-refractivity contribution in [2.24, 2.45) is 5.92 Å². The van der Waals surface area contributed by atoms with E-state index in [-0.39, 0.29) is 11.9 Å². The predicted octanol–water partition coefficient (Wildman–Crippen LogP) is 0.263. The first kappa shape index (κ1) is 13.8. The number of carbonyl (C=O) groups excluding carboxylic acids is 1. The quantitative estimate of drug-likeness (QED) is 0.605. The van der Waals surface area contributed by atoms with Crippen LogP contribution < -0.4 is 5.32 Å². The Kier molecular flexibility index (Phi) is 5.21. The number of amides is 2. The van der Waals surface area contributed by atoms with Crippen LogP contribution in [-0.2, 0) is 4.79 Å². The maximum atomic E-state index is 11.6. The van der Waals surface area contributed by atoms with Crippen LogP contribution in [0.1, 0.15) is 26.2 Å². The van der Waals surface area contributed by atoms with E-state index in [4.69, 9.17) is 5.11 Å². The third-order valence-corrected chi connectivity index (χ3v) is 2.96. The molecule has 0 aromatic rings. The number of β-amino-alcohol motifs (C(OH)–C–C–N with tert-alkyl or cyclic N) is 1.